The highest BCUT2D eigenvalue weighted by molar-refractivity contribution is 6.45. The molecule has 0 amide bonds. The maximum atomic E-state index is 11.4. The molecule has 3 atom stereocenters. The number of hydrogen-bond donors (Lipinski definition) is 2. The fourth-order valence-corrected chi connectivity index (χ4v) is 2.38. The van der Waals surface area contributed by atoms with Crippen molar-refractivity contribution in [3.8, 4) is 0 Å². The third kappa shape index (κ3) is 1.66. The van der Waals surface area contributed by atoms with Crippen LogP contribution in [0.1, 0.15) is 19.8 Å². The minimum Gasteiger partial charge on any atom is -0.466 e. The van der Waals surface area contributed by atoms with E-state index < -0.39 is 7.12 Å². The number of carbonyl (C=O) groups excluding carboxylic acids is 1. The summed E-state index contributed by atoms with van der Waals surface area (Å²) in [4.78, 5) is 11.4. The molecule has 2 N–H and O–H groups in total. The smallest absolute Gasteiger partial charge is 0.455 e. The Morgan fingerprint density at radius 1 is 1.50 bits per heavy atom. The summed E-state index contributed by atoms with van der Waals surface area (Å²) in [6.45, 7) is 2.12. The van der Waals surface area contributed by atoms with Crippen molar-refractivity contribution < 1.29 is 19.6 Å². The van der Waals surface area contributed by atoms with Gasteiger partial charge in [-0.05, 0) is 31.6 Å². The molecule has 0 bridgehead atoms. The maximum Gasteiger partial charge on any atom is 0.455 e. The number of carbonyl (C=O) groups is 1. The number of rotatable bonds is 4. The molecule has 0 aliphatic heterocycles. The maximum absolute atomic E-state index is 11.4. The lowest BCUT2D eigenvalue weighted by Gasteiger charge is -1.99. The first-order chi connectivity index (χ1) is 6.66. The van der Waals surface area contributed by atoms with Gasteiger partial charge in [0.15, 0.2) is 0 Å². The highest BCUT2D eigenvalue weighted by Crippen LogP contribution is 2.63. The standard InChI is InChI=1S/C9H15BO4/c1-2-14-9(11)7-6(5-3-4-5)8(7)10(12)13/h5-8,12-13H,2-4H2,1H3. The largest absolute Gasteiger partial charge is 0.466 e. The van der Waals surface area contributed by atoms with Gasteiger partial charge in [0, 0.05) is 5.82 Å². The molecule has 0 spiro atoms. The molecule has 0 heterocycles. The molecule has 2 saturated carbocycles. The predicted octanol–water partition coefficient (Wildman–Crippen LogP) is 0.0485. The second kappa shape index (κ2) is 3.55. The molecule has 2 aliphatic rings. The zero-order chi connectivity index (χ0) is 10.3. The zero-order valence-corrected chi connectivity index (χ0v) is 8.22. The van der Waals surface area contributed by atoms with Crippen molar-refractivity contribution in [2.75, 3.05) is 6.61 Å². The van der Waals surface area contributed by atoms with E-state index in [0.29, 0.717) is 12.5 Å². The first-order valence-electron chi connectivity index (χ1n) is 5.19. The topological polar surface area (TPSA) is 66.8 Å². The van der Waals surface area contributed by atoms with Crippen LogP contribution in [0.25, 0.3) is 0 Å². The van der Waals surface area contributed by atoms with Crippen molar-refractivity contribution >= 4 is 13.1 Å². The van der Waals surface area contributed by atoms with Crippen LogP contribution in [0.2, 0.25) is 5.82 Å². The number of hydrogen-bond acceptors (Lipinski definition) is 4. The van der Waals surface area contributed by atoms with Crippen molar-refractivity contribution in [2.24, 2.45) is 17.8 Å². The van der Waals surface area contributed by atoms with Gasteiger partial charge < -0.3 is 14.8 Å². The molecule has 14 heavy (non-hydrogen) atoms. The van der Waals surface area contributed by atoms with Crippen molar-refractivity contribution in [2.45, 2.75) is 25.6 Å². The van der Waals surface area contributed by atoms with Crippen LogP contribution in [0, 0.1) is 17.8 Å². The molecule has 2 aliphatic carbocycles. The van der Waals surface area contributed by atoms with E-state index in [1.54, 1.807) is 6.92 Å². The Morgan fingerprint density at radius 3 is 2.57 bits per heavy atom. The van der Waals surface area contributed by atoms with Crippen LogP contribution in [0.15, 0.2) is 0 Å². The van der Waals surface area contributed by atoms with Gasteiger partial charge in [-0.2, -0.15) is 0 Å². The van der Waals surface area contributed by atoms with E-state index in [1.807, 2.05) is 0 Å². The average molecular weight is 198 g/mol. The van der Waals surface area contributed by atoms with E-state index in [9.17, 15) is 4.79 Å². The SMILES string of the molecule is CCOC(=O)C1C(B(O)O)C1C1CC1. The summed E-state index contributed by atoms with van der Waals surface area (Å²) in [5.41, 5.74) is 0. The summed E-state index contributed by atoms with van der Waals surface area (Å²) in [6.07, 6.45) is 2.23. The monoisotopic (exact) mass is 198 g/mol. The van der Waals surface area contributed by atoms with E-state index in [0.717, 1.165) is 12.8 Å². The van der Waals surface area contributed by atoms with Gasteiger partial charge in [-0.25, -0.2) is 0 Å². The van der Waals surface area contributed by atoms with Gasteiger partial charge in [0.2, 0.25) is 0 Å². The lowest BCUT2D eigenvalue weighted by molar-refractivity contribution is -0.145. The molecule has 3 unspecified atom stereocenters. The summed E-state index contributed by atoms with van der Waals surface area (Å²) in [5.74, 6) is -0.114. The van der Waals surface area contributed by atoms with Gasteiger partial charge in [0.1, 0.15) is 0 Å². The molecule has 0 radical (unpaired) electrons. The van der Waals surface area contributed by atoms with E-state index >= 15 is 0 Å². The first-order valence-corrected chi connectivity index (χ1v) is 5.19. The minimum absolute atomic E-state index is 0.161. The summed E-state index contributed by atoms with van der Waals surface area (Å²) in [6, 6.07) is 0. The van der Waals surface area contributed by atoms with Gasteiger partial charge in [0.25, 0.3) is 0 Å². The molecule has 0 aromatic rings. The number of ether oxygens (including phenoxy) is 1. The van der Waals surface area contributed by atoms with Gasteiger partial charge in [-0.15, -0.1) is 0 Å². The average Bonchev–Trinajstić information content (AvgIpc) is 2.98. The van der Waals surface area contributed by atoms with Crippen LogP contribution in [-0.2, 0) is 9.53 Å². The summed E-state index contributed by atoms with van der Waals surface area (Å²) in [5, 5.41) is 18.1. The summed E-state index contributed by atoms with van der Waals surface area (Å²) in [7, 11) is -1.37. The van der Waals surface area contributed by atoms with E-state index in [1.165, 1.54) is 0 Å². The molecule has 2 rings (SSSR count). The summed E-state index contributed by atoms with van der Waals surface area (Å²) < 4.78 is 4.89. The van der Waals surface area contributed by atoms with Gasteiger partial charge in [0.05, 0.1) is 12.5 Å². The second-order valence-electron chi connectivity index (χ2n) is 4.18. The third-order valence-corrected chi connectivity index (χ3v) is 3.20. The zero-order valence-electron chi connectivity index (χ0n) is 8.22. The normalized spacial score (nSPS) is 35.2. The van der Waals surface area contributed by atoms with Crippen LogP contribution in [-0.4, -0.2) is 29.7 Å². The Kier molecular flexibility index (Phi) is 2.53. The Morgan fingerprint density at radius 2 is 2.14 bits per heavy atom. The molecule has 4 nitrogen and oxygen atoms in total. The highest BCUT2D eigenvalue weighted by atomic mass is 16.5. The molecule has 0 aromatic heterocycles. The molecule has 78 valence electrons. The van der Waals surface area contributed by atoms with Crippen molar-refractivity contribution in [3.63, 3.8) is 0 Å². The molecule has 0 saturated heterocycles. The fourth-order valence-electron chi connectivity index (χ4n) is 2.38. The minimum atomic E-state index is -1.37. The molecule has 2 fully saturated rings. The quantitative estimate of drug-likeness (QED) is 0.494. The Labute approximate surface area is 83.4 Å². The van der Waals surface area contributed by atoms with Crippen molar-refractivity contribution in [3.05, 3.63) is 0 Å². The Hall–Kier alpha value is -0.545. The van der Waals surface area contributed by atoms with Gasteiger partial charge in [-0.1, -0.05) is 0 Å². The second-order valence-corrected chi connectivity index (χ2v) is 4.18. The van der Waals surface area contributed by atoms with Crippen LogP contribution < -0.4 is 0 Å². The van der Waals surface area contributed by atoms with Crippen LogP contribution in [0.5, 0.6) is 0 Å². The number of esters is 1. The molecule has 0 aromatic carbocycles. The molecular formula is C9H15BO4. The third-order valence-electron chi connectivity index (χ3n) is 3.20. The Balaban J connectivity index is 1.94. The van der Waals surface area contributed by atoms with Crippen molar-refractivity contribution in [1.82, 2.24) is 0 Å². The molecule has 5 heteroatoms. The fraction of sp³-hybridized carbons (Fsp3) is 0.889. The molecular weight excluding hydrogens is 183 g/mol. The summed E-state index contributed by atoms with van der Waals surface area (Å²) >= 11 is 0. The van der Waals surface area contributed by atoms with E-state index in [2.05, 4.69) is 0 Å². The van der Waals surface area contributed by atoms with Gasteiger partial charge >= 0.3 is 13.1 Å². The van der Waals surface area contributed by atoms with Crippen LogP contribution in [0.3, 0.4) is 0 Å². The lowest BCUT2D eigenvalue weighted by atomic mass is 9.80. The Bertz CT molecular complexity index is 231. The highest BCUT2D eigenvalue weighted by Gasteiger charge is 2.65. The first kappa shape index (κ1) is 9.99. The van der Waals surface area contributed by atoms with Crippen LogP contribution >= 0.6 is 0 Å². The van der Waals surface area contributed by atoms with Crippen molar-refractivity contribution in [1.29, 1.82) is 0 Å². The van der Waals surface area contributed by atoms with E-state index in [-0.39, 0.29) is 23.6 Å². The van der Waals surface area contributed by atoms with Gasteiger partial charge in [-0.3, -0.25) is 4.79 Å². The predicted molar refractivity (Wildman–Crippen MR) is 50.3 cm³/mol. The van der Waals surface area contributed by atoms with Crippen LogP contribution in [0.4, 0.5) is 0 Å². The van der Waals surface area contributed by atoms with E-state index in [4.69, 9.17) is 14.8 Å². The lowest BCUT2D eigenvalue weighted by Crippen LogP contribution is -2.15.